The third-order valence-corrected chi connectivity index (χ3v) is 4.64. The molecule has 0 aliphatic rings. The summed E-state index contributed by atoms with van der Waals surface area (Å²) in [6, 6.07) is 12.5. The highest BCUT2D eigenvalue weighted by Gasteiger charge is 2.07. The van der Waals surface area contributed by atoms with Crippen molar-refractivity contribution in [2.45, 2.75) is 19.8 Å². The van der Waals surface area contributed by atoms with Gasteiger partial charge in [-0.25, -0.2) is 9.59 Å². The van der Waals surface area contributed by atoms with Crippen molar-refractivity contribution in [3.63, 3.8) is 0 Å². The molecular formula is C23H26N6O2. The first-order valence-electron chi connectivity index (χ1n) is 10.1. The van der Waals surface area contributed by atoms with Gasteiger partial charge in [0.05, 0.1) is 0 Å². The lowest BCUT2D eigenvalue weighted by atomic mass is 10.2. The molecule has 2 heterocycles. The van der Waals surface area contributed by atoms with E-state index in [0.717, 1.165) is 29.5 Å². The number of rotatable bonds is 8. The van der Waals surface area contributed by atoms with Gasteiger partial charge in [0.25, 0.3) is 0 Å². The molecule has 4 N–H and O–H groups in total. The molecule has 1 aromatic carbocycles. The summed E-state index contributed by atoms with van der Waals surface area (Å²) in [7, 11) is 0. The van der Waals surface area contributed by atoms with Gasteiger partial charge in [-0.2, -0.15) is 0 Å². The van der Waals surface area contributed by atoms with Crippen LogP contribution in [-0.4, -0.2) is 35.1 Å². The Labute approximate surface area is 181 Å². The molecule has 0 radical (unpaired) electrons. The molecule has 31 heavy (non-hydrogen) atoms. The molecule has 0 aliphatic heterocycles. The Balaban J connectivity index is 1.45. The van der Waals surface area contributed by atoms with Gasteiger partial charge in [-0.1, -0.05) is 6.07 Å². The molecular weight excluding hydrogens is 392 g/mol. The lowest BCUT2D eigenvalue weighted by Gasteiger charge is -2.13. The van der Waals surface area contributed by atoms with Gasteiger partial charge in [0.15, 0.2) is 0 Å². The van der Waals surface area contributed by atoms with Crippen LogP contribution in [0.1, 0.15) is 16.7 Å². The van der Waals surface area contributed by atoms with Crippen LogP contribution in [0.25, 0.3) is 0 Å². The predicted octanol–water partition coefficient (Wildman–Crippen LogP) is 3.51. The Morgan fingerprint density at radius 2 is 1.26 bits per heavy atom. The highest BCUT2D eigenvalue weighted by atomic mass is 16.2. The van der Waals surface area contributed by atoms with Crippen LogP contribution in [0.4, 0.5) is 21.0 Å². The summed E-state index contributed by atoms with van der Waals surface area (Å²) >= 11 is 0. The average molecular weight is 419 g/mol. The molecule has 2 aromatic heterocycles. The van der Waals surface area contributed by atoms with E-state index in [2.05, 4.69) is 31.2 Å². The van der Waals surface area contributed by atoms with Crippen LogP contribution in [0.2, 0.25) is 0 Å². The number of aromatic nitrogens is 2. The largest absolute Gasteiger partial charge is 0.338 e. The third kappa shape index (κ3) is 7.43. The summed E-state index contributed by atoms with van der Waals surface area (Å²) in [6.45, 7) is 2.91. The standard InChI is InChI=1S/C23H26N6O2/c1-17-2-3-20(28-22(30)26-14-8-18-4-10-24-11-5-18)16-21(17)29-23(31)27-15-9-19-6-12-25-13-7-19/h2-7,10-13,16H,8-9,14-15H2,1H3,(H2,26,28,30)(H2,27,29,31). The summed E-state index contributed by atoms with van der Waals surface area (Å²) in [6.07, 6.45) is 8.35. The Hall–Kier alpha value is -3.94. The molecule has 0 spiro atoms. The zero-order valence-corrected chi connectivity index (χ0v) is 17.4. The SMILES string of the molecule is Cc1ccc(NC(=O)NCCc2ccncc2)cc1NC(=O)NCCc1ccncc1. The van der Waals surface area contributed by atoms with Gasteiger partial charge < -0.3 is 21.3 Å². The fraction of sp³-hybridized carbons (Fsp3) is 0.217. The number of urea groups is 2. The quantitative estimate of drug-likeness (QED) is 0.449. The lowest BCUT2D eigenvalue weighted by molar-refractivity contribution is 0.251. The molecule has 0 saturated heterocycles. The van der Waals surface area contributed by atoms with Gasteiger partial charge >= 0.3 is 12.1 Å². The Kier molecular flexibility index (Phi) is 7.93. The van der Waals surface area contributed by atoms with Crippen molar-refractivity contribution >= 4 is 23.4 Å². The second-order valence-corrected chi connectivity index (χ2v) is 7.00. The number of benzene rings is 1. The normalized spacial score (nSPS) is 10.2. The number of nitrogens with zero attached hydrogens (tertiary/aromatic N) is 2. The van der Waals surface area contributed by atoms with E-state index in [-0.39, 0.29) is 12.1 Å². The Morgan fingerprint density at radius 1 is 0.742 bits per heavy atom. The van der Waals surface area contributed by atoms with Crippen LogP contribution in [0.5, 0.6) is 0 Å². The van der Waals surface area contributed by atoms with Crippen molar-refractivity contribution < 1.29 is 9.59 Å². The topological polar surface area (TPSA) is 108 Å². The van der Waals surface area contributed by atoms with E-state index in [0.29, 0.717) is 24.5 Å². The summed E-state index contributed by atoms with van der Waals surface area (Å²) < 4.78 is 0. The fourth-order valence-electron chi connectivity index (χ4n) is 2.92. The van der Waals surface area contributed by atoms with Gasteiger partial charge in [0.2, 0.25) is 0 Å². The lowest BCUT2D eigenvalue weighted by Crippen LogP contribution is -2.31. The maximum absolute atomic E-state index is 12.2. The van der Waals surface area contributed by atoms with Crippen LogP contribution in [-0.2, 0) is 12.8 Å². The molecule has 8 nitrogen and oxygen atoms in total. The number of amides is 4. The first-order valence-corrected chi connectivity index (χ1v) is 10.1. The summed E-state index contributed by atoms with van der Waals surface area (Å²) in [5.41, 5.74) is 4.34. The van der Waals surface area contributed by atoms with Crippen molar-refractivity contribution in [2.24, 2.45) is 0 Å². The second-order valence-electron chi connectivity index (χ2n) is 7.00. The minimum Gasteiger partial charge on any atom is -0.338 e. The number of carbonyl (C=O) groups is 2. The Bertz CT molecular complexity index is 995. The number of hydrogen-bond acceptors (Lipinski definition) is 4. The molecule has 0 bridgehead atoms. The maximum atomic E-state index is 12.2. The molecule has 0 saturated carbocycles. The number of nitrogens with one attached hydrogen (secondary N) is 4. The van der Waals surface area contributed by atoms with E-state index in [1.807, 2.05) is 37.3 Å². The summed E-state index contributed by atoms with van der Waals surface area (Å²) in [4.78, 5) is 32.3. The van der Waals surface area contributed by atoms with E-state index in [4.69, 9.17) is 0 Å². The molecule has 160 valence electrons. The predicted molar refractivity (Wildman–Crippen MR) is 121 cm³/mol. The molecule has 0 atom stereocenters. The van der Waals surface area contributed by atoms with Crippen LogP contribution >= 0.6 is 0 Å². The number of hydrogen-bond donors (Lipinski definition) is 4. The van der Waals surface area contributed by atoms with Gasteiger partial charge in [-0.3, -0.25) is 9.97 Å². The number of carbonyl (C=O) groups excluding carboxylic acids is 2. The van der Waals surface area contributed by atoms with Gasteiger partial charge in [-0.15, -0.1) is 0 Å². The highest BCUT2D eigenvalue weighted by Crippen LogP contribution is 2.20. The molecule has 3 rings (SSSR count). The number of aryl methyl sites for hydroxylation is 1. The fourth-order valence-corrected chi connectivity index (χ4v) is 2.92. The smallest absolute Gasteiger partial charge is 0.319 e. The summed E-state index contributed by atoms with van der Waals surface area (Å²) in [5.74, 6) is 0. The van der Waals surface area contributed by atoms with Gasteiger partial charge in [0, 0.05) is 49.3 Å². The van der Waals surface area contributed by atoms with Crippen molar-refractivity contribution in [2.75, 3.05) is 23.7 Å². The molecule has 0 unspecified atom stereocenters. The first kappa shape index (κ1) is 21.8. The zero-order valence-electron chi connectivity index (χ0n) is 17.4. The van der Waals surface area contributed by atoms with Crippen molar-refractivity contribution in [1.82, 2.24) is 20.6 Å². The van der Waals surface area contributed by atoms with Crippen LogP contribution < -0.4 is 21.3 Å². The maximum Gasteiger partial charge on any atom is 0.319 e. The van der Waals surface area contributed by atoms with E-state index in [1.54, 1.807) is 36.9 Å². The van der Waals surface area contributed by atoms with Crippen molar-refractivity contribution in [3.8, 4) is 0 Å². The molecule has 8 heteroatoms. The van der Waals surface area contributed by atoms with Crippen LogP contribution in [0, 0.1) is 6.92 Å². The van der Waals surface area contributed by atoms with Gasteiger partial charge in [-0.05, 0) is 72.9 Å². The van der Waals surface area contributed by atoms with E-state index < -0.39 is 0 Å². The number of anilines is 2. The minimum atomic E-state index is -0.300. The molecule has 3 aromatic rings. The Morgan fingerprint density at radius 3 is 1.81 bits per heavy atom. The van der Waals surface area contributed by atoms with Crippen LogP contribution in [0.15, 0.2) is 67.3 Å². The molecule has 4 amide bonds. The molecule has 0 aliphatic carbocycles. The van der Waals surface area contributed by atoms with E-state index in [1.165, 1.54) is 0 Å². The summed E-state index contributed by atoms with van der Waals surface area (Å²) in [5, 5.41) is 11.3. The van der Waals surface area contributed by atoms with E-state index >= 15 is 0 Å². The third-order valence-electron chi connectivity index (χ3n) is 4.64. The monoisotopic (exact) mass is 418 g/mol. The van der Waals surface area contributed by atoms with Crippen molar-refractivity contribution in [3.05, 3.63) is 83.9 Å². The number of pyridine rings is 2. The second kappa shape index (κ2) is 11.3. The molecule has 0 fully saturated rings. The van der Waals surface area contributed by atoms with Crippen molar-refractivity contribution in [1.29, 1.82) is 0 Å². The first-order chi connectivity index (χ1) is 15.1. The zero-order chi connectivity index (χ0) is 21.9. The van der Waals surface area contributed by atoms with Gasteiger partial charge in [0.1, 0.15) is 0 Å². The average Bonchev–Trinajstić information content (AvgIpc) is 2.77. The minimum absolute atomic E-state index is 0.295. The van der Waals surface area contributed by atoms with E-state index in [9.17, 15) is 9.59 Å². The highest BCUT2D eigenvalue weighted by molar-refractivity contribution is 5.93. The van der Waals surface area contributed by atoms with Crippen LogP contribution in [0.3, 0.4) is 0 Å².